The smallest absolute Gasteiger partial charge is 0.0468 e. The minimum atomic E-state index is 0.344. The Labute approximate surface area is 92.2 Å². The zero-order valence-electron chi connectivity index (χ0n) is 9.45. The highest BCUT2D eigenvalue weighted by Gasteiger charge is 2.24. The van der Waals surface area contributed by atoms with Gasteiger partial charge in [0.15, 0.2) is 0 Å². The molecule has 3 heteroatoms. The number of rotatable bonds is 6. The second kappa shape index (κ2) is 5.83. The van der Waals surface area contributed by atoms with E-state index in [2.05, 4.69) is 5.32 Å². The second-order valence-electron chi connectivity index (χ2n) is 4.91. The second-order valence-corrected chi connectivity index (χ2v) is 4.91. The van der Waals surface area contributed by atoms with Crippen LogP contribution in [0.25, 0.3) is 0 Å². The van der Waals surface area contributed by atoms with Crippen LogP contribution in [-0.4, -0.2) is 37.5 Å². The number of aliphatic hydroxyl groups is 1. The van der Waals surface area contributed by atoms with E-state index in [1.54, 1.807) is 0 Å². The molecule has 1 saturated carbocycles. The van der Waals surface area contributed by atoms with Crippen LogP contribution in [0.3, 0.4) is 0 Å². The SMILES string of the molecule is OCC(CCNC1CC1)C1CCOCC1. The summed E-state index contributed by atoms with van der Waals surface area (Å²) in [5.74, 6) is 1.17. The summed E-state index contributed by atoms with van der Waals surface area (Å²) in [6, 6.07) is 0.791. The van der Waals surface area contributed by atoms with Gasteiger partial charge in [0.2, 0.25) is 0 Å². The van der Waals surface area contributed by atoms with E-state index in [0.29, 0.717) is 18.4 Å². The Balaban J connectivity index is 1.64. The molecule has 0 radical (unpaired) electrons. The van der Waals surface area contributed by atoms with Gasteiger partial charge >= 0.3 is 0 Å². The molecule has 0 aromatic rings. The zero-order valence-corrected chi connectivity index (χ0v) is 9.45. The Morgan fingerprint density at radius 2 is 1.93 bits per heavy atom. The van der Waals surface area contributed by atoms with Crippen LogP contribution >= 0.6 is 0 Å². The molecule has 88 valence electrons. The summed E-state index contributed by atoms with van der Waals surface area (Å²) in [5, 5.41) is 12.9. The highest BCUT2D eigenvalue weighted by Crippen LogP contribution is 2.26. The molecule has 1 unspecified atom stereocenters. The van der Waals surface area contributed by atoms with Gasteiger partial charge in [0.05, 0.1) is 0 Å². The maximum Gasteiger partial charge on any atom is 0.0468 e. The van der Waals surface area contributed by atoms with Crippen LogP contribution in [-0.2, 0) is 4.74 Å². The Hall–Kier alpha value is -0.120. The van der Waals surface area contributed by atoms with Crippen molar-refractivity contribution < 1.29 is 9.84 Å². The van der Waals surface area contributed by atoms with Crippen molar-refractivity contribution in [2.75, 3.05) is 26.4 Å². The lowest BCUT2D eigenvalue weighted by atomic mass is 9.84. The van der Waals surface area contributed by atoms with Crippen LogP contribution in [0.2, 0.25) is 0 Å². The van der Waals surface area contributed by atoms with Gasteiger partial charge in [0.1, 0.15) is 0 Å². The lowest BCUT2D eigenvalue weighted by Gasteiger charge is -2.29. The van der Waals surface area contributed by atoms with Crippen molar-refractivity contribution >= 4 is 0 Å². The van der Waals surface area contributed by atoms with Crippen LogP contribution in [0.4, 0.5) is 0 Å². The first kappa shape index (κ1) is 11.4. The van der Waals surface area contributed by atoms with Crippen LogP contribution in [0.5, 0.6) is 0 Å². The molecular formula is C12H23NO2. The van der Waals surface area contributed by atoms with E-state index in [1.165, 1.54) is 12.8 Å². The van der Waals surface area contributed by atoms with Crippen LogP contribution < -0.4 is 5.32 Å². The average Bonchev–Trinajstić information content (AvgIpc) is 3.10. The lowest BCUT2D eigenvalue weighted by molar-refractivity contribution is 0.0312. The molecule has 0 amide bonds. The van der Waals surface area contributed by atoms with Crippen LogP contribution in [0.15, 0.2) is 0 Å². The Morgan fingerprint density at radius 1 is 1.20 bits per heavy atom. The van der Waals surface area contributed by atoms with Gasteiger partial charge in [0, 0.05) is 25.9 Å². The summed E-state index contributed by atoms with van der Waals surface area (Å²) >= 11 is 0. The van der Waals surface area contributed by atoms with Gasteiger partial charge < -0.3 is 15.2 Å². The van der Waals surface area contributed by atoms with Crippen molar-refractivity contribution in [2.45, 2.75) is 38.1 Å². The highest BCUT2D eigenvalue weighted by molar-refractivity contribution is 4.81. The molecule has 1 saturated heterocycles. The molecule has 1 atom stereocenters. The minimum absolute atomic E-state index is 0.344. The first-order valence-electron chi connectivity index (χ1n) is 6.32. The zero-order chi connectivity index (χ0) is 10.5. The topological polar surface area (TPSA) is 41.5 Å². The van der Waals surface area contributed by atoms with E-state index in [4.69, 9.17) is 4.74 Å². The first-order chi connectivity index (χ1) is 7.40. The molecule has 1 aliphatic carbocycles. The summed E-state index contributed by atoms with van der Waals surface area (Å²) in [5.41, 5.74) is 0. The molecule has 1 heterocycles. The molecule has 2 fully saturated rings. The standard InChI is InChI=1S/C12H23NO2/c14-9-11(3-6-13-12-1-2-12)10-4-7-15-8-5-10/h10-14H,1-9H2. The van der Waals surface area contributed by atoms with Crippen LogP contribution in [0.1, 0.15) is 32.1 Å². The van der Waals surface area contributed by atoms with Gasteiger partial charge in [0.25, 0.3) is 0 Å². The van der Waals surface area contributed by atoms with Gasteiger partial charge in [-0.3, -0.25) is 0 Å². The van der Waals surface area contributed by atoms with E-state index in [1.807, 2.05) is 0 Å². The Morgan fingerprint density at radius 3 is 2.53 bits per heavy atom. The van der Waals surface area contributed by atoms with Gasteiger partial charge in [-0.25, -0.2) is 0 Å². The highest BCUT2D eigenvalue weighted by atomic mass is 16.5. The summed E-state index contributed by atoms with van der Waals surface area (Å²) in [6.07, 6.45) is 6.09. The van der Waals surface area contributed by atoms with Crippen molar-refractivity contribution in [1.82, 2.24) is 5.32 Å². The number of ether oxygens (including phenoxy) is 1. The van der Waals surface area contributed by atoms with E-state index in [-0.39, 0.29) is 0 Å². The number of hydrogen-bond acceptors (Lipinski definition) is 3. The molecule has 0 aromatic heterocycles. The van der Waals surface area contributed by atoms with E-state index >= 15 is 0 Å². The molecule has 2 N–H and O–H groups in total. The fourth-order valence-electron chi connectivity index (χ4n) is 2.42. The van der Waals surface area contributed by atoms with Gasteiger partial charge in [-0.1, -0.05) is 0 Å². The largest absolute Gasteiger partial charge is 0.396 e. The lowest BCUT2D eigenvalue weighted by Crippen LogP contribution is -2.29. The predicted molar refractivity (Wildman–Crippen MR) is 59.8 cm³/mol. The third-order valence-corrected chi connectivity index (χ3v) is 3.69. The molecule has 15 heavy (non-hydrogen) atoms. The van der Waals surface area contributed by atoms with Crippen molar-refractivity contribution in [3.05, 3.63) is 0 Å². The minimum Gasteiger partial charge on any atom is -0.396 e. The monoisotopic (exact) mass is 213 g/mol. The number of nitrogens with one attached hydrogen (secondary N) is 1. The molecule has 2 aliphatic rings. The number of hydrogen-bond donors (Lipinski definition) is 2. The normalized spacial score (nSPS) is 25.4. The van der Waals surface area contributed by atoms with Gasteiger partial charge in [-0.2, -0.15) is 0 Å². The molecular weight excluding hydrogens is 190 g/mol. The molecule has 0 aromatic carbocycles. The predicted octanol–water partition coefficient (Wildman–Crippen LogP) is 1.16. The molecule has 3 nitrogen and oxygen atoms in total. The average molecular weight is 213 g/mol. The third kappa shape index (κ3) is 3.74. The summed E-state index contributed by atoms with van der Waals surface area (Å²) in [6.45, 7) is 3.19. The molecule has 2 rings (SSSR count). The number of aliphatic hydroxyl groups excluding tert-OH is 1. The van der Waals surface area contributed by atoms with Crippen molar-refractivity contribution in [2.24, 2.45) is 11.8 Å². The van der Waals surface area contributed by atoms with E-state index < -0.39 is 0 Å². The Kier molecular flexibility index (Phi) is 4.42. The fraction of sp³-hybridized carbons (Fsp3) is 1.00. The van der Waals surface area contributed by atoms with Crippen molar-refractivity contribution in [3.63, 3.8) is 0 Å². The maximum atomic E-state index is 9.39. The van der Waals surface area contributed by atoms with Crippen LogP contribution in [0, 0.1) is 11.8 Å². The third-order valence-electron chi connectivity index (χ3n) is 3.69. The quantitative estimate of drug-likeness (QED) is 0.696. The van der Waals surface area contributed by atoms with Gasteiger partial charge in [-0.05, 0) is 50.5 Å². The summed E-state index contributed by atoms with van der Waals surface area (Å²) in [7, 11) is 0. The summed E-state index contributed by atoms with van der Waals surface area (Å²) in [4.78, 5) is 0. The molecule has 0 bridgehead atoms. The van der Waals surface area contributed by atoms with E-state index in [0.717, 1.165) is 45.1 Å². The van der Waals surface area contributed by atoms with Crippen molar-refractivity contribution in [1.29, 1.82) is 0 Å². The van der Waals surface area contributed by atoms with Gasteiger partial charge in [-0.15, -0.1) is 0 Å². The molecule has 1 aliphatic heterocycles. The summed E-state index contributed by atoms with van der Waals surface area (Å²) < 4.78 is 5.35. The first-order valence-corrected chi connectivity index (χ1v) is 6.32. The molecule has 0 spiro atoms. The van der Waals surface area contributed by atoms with E-state index in [9.17, 15) is 5.11 Å². The Bertz CT molecular complexity index is 176. The fourth-order valence-corrected chi connectivity index (χ4v) is 2.42. The maximum absolute atomic E-state index is 9.39. The van der Waals surface area contributed by atoms with Crippen molar-refractivity contribution in [3.8, 4) is 0 Å².